The van der Waals surface area contributed by atoms with E-state index in [2.05, 4.69) is 29.9 Å². The van der Waals surface area contributed by atoms with E-state index in [4.69, 9.17) is 0 Å². The summed E-state index contributed by atoms with van der Waals surface area (Å²) in [6.07, 6.45) is 8.15. The Morgan fingerprint density at radius 2 is 2.17 bits per heavy atom. The van der Waals surface area contributed by atoms with Crippen molar-refractivity contribution >= 4 is 5.84 Å². The van der Waals surface area contributed by atoms with Crippen LogP contribution >= 0.6 is 0 Å². The fourth-order valence-corrected chi connectivity index (χ4v) is 1.34. The van der Waals surface area contributed by atoms with Gasteiger partial charge in [0.25, 0.3) is 0 Å². The molecule has 0 aliphatic carbocycles. The van der Waals surface area contributed by atoms with Gasteiger partial charge in [0, 0.05) is 18.4 Å². The molecule has 62 valence electrons. The molecule has 0 N–H and O–H groups in total. The zero-order valence-corrected chi connectivity index (χ0v) is 7.41. The highest BCUT2D eigenvalue weighted by Gasteiger charge is 2.14. The molecule has 0 aromatic carbocycles. The highest BCUT2D eigenvalue weighted by molar-refractivity contribution is 5.96. The molecule has 2 heteroatoms. The fourth-order valence-electron chi connectivity index (χ4n) is 1.34. The minimum absolute atomic E-state index is 0.978. The molecule has 0 amide bonds. The van der Waals surface area contributed by atoms with Crippen molar-refractivity contribution in [2.24, 2.45) is 4.99 Å². The SMILES string of the molecule is CC1=C(C)N=C2C=CC=CN2C1. The summed E-state index contributed by atoms with van der Waals surface area (Å²) in [7, 11) is 0. The number of hydrogen-bond donors (Lipinski definition) is 0. The van der Waals surface area contributed by atoms with Crippen molar-refractivity contribution in [3.05, 3.63) is 35.7 Å². The third-order valence-electron chi connectivity index (χ3n) is 2.22. The standard InChI is InChI=1S/C10H12N2/c1-8-7-12-6-4-3-5-10(12)11-9(8)2/h3-6H,7H2,1-2H3. The van der Waals surface area contributed by atoms with Gasteiger partial charge in [-0.15, -0.1) is 0 Å². The minimum atomic E-state index is 0.978. The number of allylic oxidation sites excluding steroid dienone is 3. The van der Waals surface area contributed by atoms with Crippen LogP contribution in [0.1, 0.15) is 13.8 Å². The number of fused-ring (bicyclic) bond motifs is 1. The molecule has 2 aliphatic rings. The van der Waals surface area contributed by atoms with Crippen LogP contribution in [0.5, 0.6) is 0 Å². The number of aliphatic imine (C=N–C) groups is 1. The Kier molecular flexibility index (Phi) is 1.61. The lowest BCUT2D eigenvalue weighted by atomic mass is 10.1. The topological polar surface area (TPSA) is 15.6 Å². The van der Waals surface area contributed by atoms with E-state index in [-0.39, 0.29) is 0 Å². The summed E-state index contributed by atoms with van der Waals surface area (Å²) in [4.78, 5) is 6.62. The van der Waals surface area contributed by atoms with E-state index in [1.165, 1.54) is 5.57 Å². The van der Waals surface area contributed by atoms with Gasteiger partial charge < -0.3 is 4.90 Å². The van der Waals surface area contributed by atoms with Gasteiger partial charge >= 0.3 is 0 Å². The van der Waals surface area contributed by atoms with Crippen molar-refractivity contribution < 1.29 is 0 Å². The molecule has 0 saturated carbocycles. The largest absolute Gasteiger partial charge is 0.329 e. The van der Waals surface area contributed by atoms with Gasteiger partial charge in [-0.1, -0.05) is 6.08 Å². The summed E-state index contributed by atoms with van der Waals surface area (Å²) < 4.78 is 0. The van der Waals surface area contributed by atoms with Crippen LogP contribution in [0.25, 0.3) is 0 Å². The highest BCUT2D eigenvalue weighted by Crippen LogP contribution is 2.17. The van der Waals surface area contributed by atoms with Gasteiger partial charge in [0.05, 0.1) is 0 Å². The Morgan fingerprint density at radius 3 is 3.00 bits per heavy atom. The maximum absolute atomic E-state index is 4.47. The molecular weight excluding hydrogens is 148 g/mol. The van der Waals surface area contributed by atoms with Crippen molar-refractivity contribution in [3.8, 4) is 0 Å². The molecule has 12 heavy (non-hydrogen) atoms. The number of amidine groups is 1. The first-order chi connectivity index (χ1) is 5.77. The van der Waals surface area contributed by atoms with Crippen LogP contribution in [0.4, 0.5) is 0 Å². The van der Waals surface area contributed by atoms with Gasteiger partial charge in [0.15, 0.2) is 0 Å². The molecular formula is C10H12N2. The molecule has 0 radical (unpaired) electrons. The summed E-state index contributed by atoms with van der Waals surface area (Å²) in [5.41, 5.74) is 2.50. The van der Waals surface area contributed by atoms with E-state index < -0.39 is 0 Å². The molecule has 0 bridgehead atoms. The predicted molar refractivity (Wildman–Crippen MR) is 50.8 cm³/mol. The average molecular weight is 160 g/mol. The number of rotatable bonds is 0. The van der Waals surface area contributed by atoms with Gasteiger partial charge in [-0.3, -0.25) is 0 Å². The monoisotopic (exact) mass is 160 g/mol. The Balaban J connectivity index is 2.38. The summed E-state index contributed by atoms with van der Waals surface area (Å²) in [5.74, 6) is 1.06. The van der Waals surface area contributed by atoms with Gasteiger partial charge in [0.2, 0.25) is 0 Å². The predicted octanol–water partition coefficient (Wildman–Crippen LogP) is 2.08. The van der Waals surface area contributed by atoms with Gasteiger partial charge in [-0.25, -0.2) is 4.99 Å². The molecule has 0 saturated heterocycles. The second-order valence-corrected chi connectivity index (χ2v) is 3.16. The first-order valence-electron chi connectivity index (χ1n) is 4.14. The van der Waals surface area contributed by atoms with Crippen LogP contribution in [-0.4, -0.2) is 17.3 Å². The molecule has 2 rings (SSSR count). The molecule has 0 spiro atoms. The smallest absolute Gasteiger partial charge is 0.133 e. The van der Waals surface area contributed by atoms with E-state index >= 15 is 0 Å². The van der Waals surface area contributed by atoms with Gasteiger partial charge in [0.1, 0.15) is 5.84 Å². The number of nitrogens with zero attached hydrogens (tertiary/aromatic N) is 2. The number of hydrogen-bond acceptors (Lipinski definition) is 2. The van der Waals surface area contributed by atoms with Crippen LogP contribution in [-0.2, 0) is 0 Å². The van der Waals surface area contributed by atoms with E-state index in [1.54, 1.807) is 0 Å². The van der Waals surface area contributed by atoms with Crippen molar-refractivity contribution in [2.75, 3.05) is 6.54 Å². The molecule has 0 fully saturated rings. The third-order valence-corrected chi connectivity index (χ3v) is 2.22. The quantitative estimate of drug-likeness (QED) is 0.529. The van der Waals surface area contributed by atoms with Crippen LogP contribution < -0.4 is 0 Å². The average Bonchev–Trinajstić information content (AvgIpc) is 2.07. The van der Waals surface area contributed by atoms with Gasteiger partial charge in [-0.05, 0) is 31.6 Å². The summed E-state index contributed by atoms with van der Waals surface area (Å²) in [6, 6.07) is 0. The van der Waals surface area contributed by atoms with Crippen LogP contribution in [0.15, 0.2) is 40.7 Å². The maximum atomic E-state index is 4.47. The lowest BCUT2D eigenvalue weighted by Gasteiger charge is -2.27. The van der Waals surface area contributed by atoms with E-state index in [0.29, 0.717) is 0 Å². The Labute approximate surface area is 72.6 Å². The fraction of sp³-hybridized carbons (Fsp3) is 0.300. The highest BCUT2D eigenvalue weighted by atomic mass is 15.2. The van der Waals surface area contributed by atoms with Crippen molar-refractivity contribution in [3.63, 3.8) is 0 Å². The summed E-state index contributed by atoms with van der Waals surface area (Å²) >= 11 is 0. The minimum Gasteiger partial charge on any atom is -0.329 e. The zero-order chi connectivity index (χ0) is 8.55. The first kappa shape index (κ1) is 7.35. The molecule has 0 atom stereocenters. The molecule has 2 heterocycles. The molecule has 0 aromatic heterocycles. The normalized spacial score (nSPS) is 21.2. The van der Waals surface area contributed by atoms with Crippen LogP contribution in [0, 0.1) is 0 Å². The second kappa shape index (κ2) is 2.63. The van der Waals surface area contributed by atoms with Crippen molar-refractivity contribution in [1.82, 2.24) is 4.90 Å². The Bertz CT molecular complexity index is 319. The van der Waals surface area contributed by atoms with Gasteiger partial charge in [-0.2, -0.15) is 0 Å². The third kappa shape index (κ3) is 1.09. The molecule has 0 unspecified atom stereocenters. The first-order valence-corrected chi connectivity index (χ1v) is 4.14. The summed E-state index contributed by atoms with van der Waals surface area (Å²) in [6.45, 7) is 5.17. The lowest BCUT2D eigenvalue weighted by Crippen LogP contribution is -2.30. The maximum Gasteiger partial charge on any atom is 0.133 e. The molecule has 2 nitrogen and oxygen atoms in total. The molecule has 0 aromatic rings. The van der Waals surface area contributed by atoms with Crippen molar-refractivity contribution in [2.45, 2.75) is 13.8 Å². The van der Waals surface area contributed by atoms with E-state index in [0.717, 1.165) is 18.1 Å². The molecule has 2 aliphatic heterocycles. The summed E-state index contributed by atoms with van der Waals surface area (Å²) in [5, 5.41) is 0. The lowest BCUT2D eigenvalue weighted by molar-refractivity contribution is 0.587. The van der Waals surface area contributed by atoms with Crippen LogP contribution in [0.2, 0.25) is 0 Å². The van der Waals surface area contributed by atoms with E-state index in [1.807, 2.05) is 18.2 Å². The van der Waals surface area contributed by atoms with Crippen LogP contribution in [0.3, 0.4) is 0 Å². The second-order valence-electron chi connectivity index (χ2n) is 3.16. The van der Waals surface area contributed by atoms with Crippen molar-refractivity contribution in [1.29, 1.82) is 0 Å². The zero-order valence-electron chi connectivity index (χ0n) is 7.41. The Morgan fingerprint density at radius 1 is 1.33 bits per heavy atom. The van der Waals surface area contributed by atoms with E-state index in [9.17, 15) is 0 Å². The Hall–Kier alpha value is -1.31.